The summed E-state index contributed by atoms with van der Waals surface area (Å²) < 4.78 is 0. The van der Waals surface area contributed by atoms with E-state index in [0.717, 1.165) is 32.1 Å². The minimum absolute atomic E-state index is 0.240. The minimum atomic E-state index is -0.240. The maximum atomic E-state index is 9.78. The molecule has 4 nitrogen and oxygen atoms in total. The predicted molar refractivity (Wildman–Crippen MR) is 74.6 cm³/mol. The molecule has 4 heteroatoms. The van der Waals surface area contributed by atoms with Crippen LogP contribution in [0.4, 0.5) is 0 Å². The zero-order chi connectivity index (χ0) is 12.8. The fraction of sp³-hybridized carbons (Fsp3) is 1.00. The Hall–Kier alpha value is -0.160. The Balaban J connectivity index is 1.67. The summed E-state index contributed by atoms with van der Waals surface area (Å²) in [5, 5.41) is 9.78. The molecule has 0 amide bonds. The van der Waals surface area contributed by atoms with Gasteiger partial charge in [0.1, 0.15) is 0 Å². The molecule has 0 aromatic carbocycles. The summed E-state index contributed by atoms with van der Waals surface area (Å²) in [6, 6.07) is 0.842. The van der Waals surface area contributed by atoms with Crippen LogP contribution in [0.15, 0.2) is 0 Å². The summed E-state index contributed by atoms with van der Waals surface area (Å²) in [6.45, 7) is 5.97. The number of β-amino-alcohol motifs (C(OH)–C–C–N with tert-alkyl or cyclic N) is 1. The molecule has 106 valence electrons. The first-order valence-corrected chi connectivity index (χ1v) is 7.64. The van der Waals surface area contributed by atoms with Crippen molar-refractivity contribution in [2.75, 3.05) is 39.3 Å². The molecule has 1 unspecified atom stereocenters. The minimum Gasteiger partial charge on any atom is -0.392 e. The number of aliphatic hydroxyl groups is 1. The van der Waals surface area contributed by atoms with Gasteiger partial charge >= 0.3 is 0 Å². The van der Waals surface area contributed by atoms with Crippen molar-refractivity contribution < 1.29 is 5.11 Å². The van der Waals surface area contributed by atoms with Crippen molar-refractivity contribution in [2.24, 2.45) is 5.73 Å². The summed E-state index contributed by atoms with van der Waals surface area (Å²) in [4.78, 5) is 5.06. The molecule has 2 rings (SSSR count). The molecule has 3 N–H and O–H groups in total. The Morgan fingerprint density at radius 2 is 1.72 bits per heavy atom. The summed E-state index contributed by atoms with van der Waals surface area (Å²) in [5.41, 5.74) is 5.47. The van der Waals surface area contributed by atoms with Crippen LogP contribution in [-0.4, -0.2) is 66.3 Å². The Bertz CT molecular complexity index is 223. The number of nitrogens with two attached hydrogens (primary N) is 1. The van der Waals surface area contributed by atoms with E-state index in [-0.39, 0.29) is 6.10 Å². The van der Waals surface area contributed by atoms with Gasteiger partial charge in [-0.1, -0.05) is 19.3 Å². The second-order valence-electron chi connectivity index (χ2n) is 5.86. The van der Waals surface area contributed by atoms with E-state index in [4.69, 9.17) is 5.73 Å². The molecule has 1 heterocycles. The fourth-order valence-electron chi connectivity index (χ4n) is 3.34. The number of piperazine rings is 1. The summed E-state index contributed by atoms with van der Waals surface area (Å²) in [5.74, 6) is 0. The smallest absolute Gasteiger partial charge is 0.0679 e. The van der Waals surface area contributed by atoms with E-state index < -0.39 is 0 Å². The van der Waals surface area contributed by atoms with E-state index in [1.165, 1.54) is 45.2 Å². The highest BCUT2D eigenvalue weighted by Gasteiger charge is 2.25. The average molecular weight is 255 g/mol. The third kappa shape index (κ3) is 4.19. The van der Waals surface area contributed by atoms with E-state index >= 15 is 0 Å². The van der Waals surface area contributed by atoms with Crippen LogP contribution in [0.2, 0.25) is 0 Å². The number of nitrogens with zero attached hydrogens (tertiary/aromatic N) is 2. The van der Waals surface area contributed by atoms with Crippen LogP contribution in [0, 0.1) is 0 Å². The molecular weight excluding hydrogens is 226 g/mol. The van der Waals surface area contributed by atoms with E-state index in [2.05, 4.69) is 9.80 Å². The molecule has 2 fully saturated rings. The molecule has 1 saturated carbocycles. The van der Waals surface area contributed by atoms with Gasteiger partial charge in [0.2, 0.25) is 0 Å². The van der Waals surface area contributed by atoms with Crippen LogP contribution in [0.1, 0.15) is 38.5 Å². The van der Waals surface area contributed by atoms with Crippen LogP contribution >= 0.6 is 0 Å². The lowest BCUT2D eigenvalue weighted by molar-refractivity contribution is 0.0462. The molecule has 0 radical (unpaired) electrons. The van der Waals surface area contributed by atoms with Crippen LogP contribution < -0.4 is 5.73 Å². The Morgan fingerprint density at radius 1 is 1.06 bits per heavy atom. The summed E-state index contributed by atoms with van der Waals surface area (Å²) in [6.07, 6.45) is 7.55. The van der Waals surface area contributed by atoms with E-state index in [0.29, 0.717) is 6.54 Å². The van der Waals surface area contributed by atoms with Gasteiger partial charge in [0.15, 0.2) is 0 Å². The molecule has 0 aromatic rings. The van der Waals surface area contributed by atoms with Crippen molar-refractivity contribution in [1.82, 2.24) is 9.80 Å². The highest BCUT2D eigenvalue weighted by molar-refractivity contribution is 4.81. The van der Waals surface area contributed by atoms with E-state index in [9.17, 15) is 5.11 Å². The Kier molecular flexibility index (Phi) is 5.89. The van der Waals surface area contributed by atoms with Crippen molar-refractivity contribution in [3.8, 4) is 0 Å². The zero-order valence-corrected chi connectivity index (χ0v) is 11.6. The second kappa shape index (κ2) is 7.43. The van der Waals surface area contributed by atoms with Gasteiger partial charge in [-0.15, -0.1) is 0 Å². The van der Waals surface area contributed by atoms with E-state index in [1.54, 1.807) is 0 Å². The first-order chi connectivity index (χ1) is 8.79. The van der Waals surface area contributed by atoms with Crippen molar-refractivity contribution in [3.05, 3.63) is 0 Å². The summed E-state index contributed by atoms with van der Waals surface area (Å²) >= 11 is 0. The van der Waals surface area contributed by atoms with Crippen LogP contribution in [-0.2, 0) is 0 Å². The first kappa shape index (κ1) is 14.3. The quantitative estimate of drug-likeness (QED) is 0.757. The van der Waals surface area contributed by atoms with Crippen molar-refractivity contribution in [2.45, 2.75) is 50.7 Å². The van der Waals surface area contributed by atoms with Crippen LogP contribution in [0.3, 0.4) is 0 Å². The normalized spacial score (nSPS) is 26.3. The van der Waals surface area contributed by atoms with Crippen molar-refractivity contribution in [1.29, 1.82) is 0 Å². The largest absolute Gasteiger partial charge is 0.392 e. The standard InChI is InChI=1S/C14H29N3O/c15-7-6-14(18)12-16-8-10-17(11-9-16)13-4-2-1-3-5-13/h13-14,18H,1-12,15H2. The molecule has 1 saturated heterocycles. The molecule has 1 atom stereocenters. The monoisotopic (exact) mass is 255 g/mol. The molecule has 0 aromatic heterocycles. The Labute approximate surface area is 111 Å². The maximum absolute atomic E-state index is 9.78. The topological polar surface area (TPSA) is 52.7 Å². The number of rotatable bonds is 5. The lowest BCUT2D eigenvalue weighted by Crippen LogP contribution is -2.52. The molecule has 2 aliphatic rings. The highest BCUT2D eigenvalue weighted by Crippen LogP contribution is 2.23. The van der Waals surface area contributed by atoms with Gasteiger partial charge in [0.25, 0.3) is 0 Å². The van der Waals surface area contributed by atoms with Gasteiger partial charge in [0.05, 0.1) is 6.10 Å². The van der Waals surface area contributed by atoms with Gasteiger partial charge in [-0.05, 0) is 25.8 Å². The SMILES string of the molecule is NCCC(O)CN1CCN(C2CCCCC2)CC1. The van der Waals surface area contributed by atoms with Crippen LogP contribution in [0.25, 0.3) is 0 Å². The molecule has 0 bridgehead atoms. The predicted octanol–water partition coefficient (Wildman–Crippen LogP) is 0.646. The van der Waals surface area contributed by atoms with Gasteiger partial charge in [0, 0.05) is 38.8 Å². The number of hydrogen-bond acceptors (Lipinski definition) is 4. The third-order valence-electron chi connectivity index (χ3n) is 4.47. The zero-order valence-electron chi connectivity index (χ0n) is 11.6. The third-order valence-corrected chi connectivity index (χ3v) is 4.47. The van der Waals surface area contributed by atoms with Crippen molar-refractivity contribution >= 4 is 0 Å². The average Bonchev–Trinajstić information content (AvgIpc) is 2.41. The molecule has 1 aliphatic heterocycles. The number of hydrogen-bond donors (Lipinski definition) is 2. The lowest BCUT2D eigenvalue weighted by atomic mass is 9.94. The van der Waals surface area contributed by atoms with Gasteiger partial charge < -0.3 is 10.8 Å². The second-order valence-corrected chi connectivity index (χ2v) is 5.86. The Morgan fingerprint density at radius 3 is 2.33 bits per heavy atom. The molecule has 1 aliphatic carbocycles. The molecular formula is C14H29N3O. The molecule has 0 spiro atoms. The van der Waals surface area contributed by atoms with Gasteiger partial charge in [-0.3, -0.25) is 9.80 Å². The summed E-state index contributed by atoms with van der Waals surface area (Å²) in [7, 11) is 0. The maximum Gasteiger partial charge on any atom is 0.0679 e. The van der Waals surface area contributed by atoms with Gasteiger partial charge in [-0.25, -0.2) is 0 Å². The fourth-order valence-corrected chi connectivity index (χ4v) is 3.34. The first-order valence-electron chi connectivity index (χ1n) is 7.64. The van der Waals surface area contributed by atoms with Gasteiger partial charge in [-0.2, -0.15) is 0 Å². The number of aliphatic hydroxyl groups excluding tert-OH is 1. The van der Waals surface area contributed by atoms with Crippen molar-refractivity contribution in [3.63, 3.8) is 0 Å². The van der Waals surface area contributed by atoms with Crippen LogP contribution in [0.5, 0.6) is 0 Å². The lowest BCUT2D eigenvalue weighted by Gasteiger charge is -2.41. The highest BCUT2D eigenvalue weighted by atomic mass is 16.3. The van der Waals surface area contributed by atoms with E-state index in [1.807, 2.05) is 0 Å². The molecule has 18 heavy (non-hydrogen) atoms.